The molecule has 1 aliphatic heterocycles. The average Bonchev–Trinajstić information content (AvgIpc) is 2.77. The summed E-state index contributed by atoms with van der Waals surface area (Å²) in [7, 11) is 3.27. The number of halogens is 1. The summed E-state index contributed by atoms with van der Waals surface area (Å²) in [4.78, 5) is 5.43. The van der Waals surface area contributed by atoms with Gasteiger partial charge in [-0.25, -0.2) is 5.06 Å². The number of hydrogen-bond acceptors (Lipinski definition) is 4. The summed E-state index contributed by atoms with van der Waals surface area (Å²) in [5, 5.41) is 1.79. The van der Waals surface area contributed by atoms with Gasteiger partial charge in [0.25, 0.3) is 0 Å². The molecule has 2 atom stereocenters. The highest BCUT2D eigenvalue weighted by molar-refractivity contribution is 6.19. The molecule has 1 aromatic carbocycles. The highest BCUT2D eigenvalue weighted by Gasteiger charge is 2.30. The summed E-state index contributed by atoms with van der Waals surface area (Å²) in [6.45, 7) is 0.556. The SMILES string of the molecule is COc1ccccc1N(OC)C1COC(Cl)C1. The number of alkyl halides is 1. The molecule has 0 spiro atoms. The second-order valence-corrected chi connectivity index (χ2v) is 4.30. The zero-order chi connectivity index (χ0) is 12.3. The van der Waals surface area contributed by atoms with Crippen LogP contribution in [-0.2, 0) is 9.57 Å². The van der Waals surface area contributed by atoms with Crippen LogP contribution in [0, 0.1) is 0 Å². The van der Waals surface area contributed by atoms with Gasteiger partial charge in [0.2, 0.25) is 0 Å². The van der Waals surface area contributed by atoms with E-state index in [1.807, 2.05) is 24.3 Å². The van der Waals surface area contributed by atoms with Crippen molar-refractivity contribution < 1.29 is 14.3 Å². The Morgan fingerprint density at radius 3 is 2.71 bits per heavy atom. The smallest absolute Gasteiger partial charge is 0.144 e. The first-order chi connectivity index (χ1) is 8.26. The molecule has 1 saturated heterocycles. The molecule has 0 N–H and O–H groups in total. The van der Waals surface area contributed by atoms with Crippen molar-refractivity contribution in [2.24, 2.45) is 0 Å². The number of hydroxylamine groups is 1. The van der Waals surface area contributed by atoms with Crippen LogP contribution < -0.4 is 9.80 Å². The Kier molecular flexibility index (Phi) is 4.10. The number of methoxy groups -OCH3 is 1. The van der Waals surface area contributed by atoms with E-state index in [4.69, 9.17) is 25.9 Å². The molecule has 1 fully saturated rings. The van der Waals surface area contributed by atoms with E-state index in [0.29, 0.717) is 6.61 Å². The van der Waals surface area contributed by atoms with E-state index in [0.717, 1.165) is 17.9 Å². The number of hydrogen-bond donors (Lipinski definition) is 0. The van der Waals surface area contributed by atoms with Crippen LogP contribution in [0.1, 0.15) is 6.42 Å². The van der Waals surface area contributed by atoms with Gasteiger partial charge in [-0.15, -0.1) is 0 Å². The van der Waals surface area contributed by atoms with E-state index < -0.39 is 0 Å². The topological polar surface area (TPSA) is 30.9 Å². The predicted octanol–water partition coefficient (Wildman–Crippen LogP) is 2.42. The number of benzene rings is 1. The van der Waals surface area contributed by atoms with E-state index in [1.165, 1.54) is 0 Å². The van der Waals surface area contributed by atoms with Crippen LogP contribution in [0.25, 0.3) is 0 Å². The van der Waals surface area contributed by atoms with Gasteiger partial charge in [0.15, 0.2) is 0 Å². The van der Waals surface area contributed by atoms with Crippen molar-refractivity contribution in [3.63, 3.8) is 0 Å². The molecule has 2 rings (SSSR count). The predicted molar refractivity (Wildman–Crippen MR) is 66.5 cm³/mol. The lowest BCUT2D eigenvalue weighted by Crippen LogP contribution is -2.35. The third kappa shape index (κ3) is 2.65. The zero-order valence-corrected chi connectivity index (χ0v) is 10.7. The monoisotopic (exact) mass is 257 g/mol. The molecule has 2 unspecified atom stereocenters. The normalized spacial score (nSPS) is 23.7. The summed E-state index contributed by atoms with van der Waals surface area (Å²) in [6, 6.07) is 7.82. The Morgan fingerprint density at radius 1 is 1.35 bits per heavy atom. The van der Waals surface area contributed by atoms with E-state index in [2.05, 4.69) is 0 Å². The summed E-state index contributed by atoms with van der Waals surface area (Å²) >= 11 is 5.93. The largest absolute Gasteiger partial charge is 0.494 e. The van der Waals surface area contributed by atoms with Crippen molar-refractivity contribution in [1.29, 1.82) is 0 Å². The Hall–Kier alpha value is -0.970. The van der Waals surface area contributed by atoms with Crippen molar-refractivity contribution in [2.75, 3.05) is 25.9 Å². The number of nitrogens with zero attached hydrogens (tertiary/aromatic N) is 1. The molecule has 5 heteroatoms. The van der Waals surface area contributed by atoms with Gasteiger partial charge in [0.05, 0.1) is 26.9 Å². The van der Waals surface area contributed by atoms with Gasteiger partial charge in [-0.2, -0.15) is 0 Å². The van der Waals surface area contributed by atoms with Gasteiger partial charge in [0, 0.05) is 6.42 Å². The first-order valence-electron chi connectivity index (χ1n) is 5.48. The Bertz CT molecular complexity index is 375. The maximum atomic E-state index is 5.93. The van der Waals surface area contributed by atoms with Crippen LogP contribution in [0.15, 0.2) is 24.3 Å². The standard InChI is InChI=1S/C12H16ClNO3/c1-15-11-6-4-3-5-10(11)14(16-2)9-7-12(13)17-8-9/h3-6,9,12H,7-8H2,1-2H3. The second-order valence-electron chi connectivity index (χ2n) is 3.81. The minimum atomic E-state index is -0.243. The number of ether oxygens (including phenoxy) is 2. The highest BCUT2D eigenvalue weighted by atomic mass is 35.5. The van der Waals surface area contributed by atoms with Gasteiger partial charge in [0.1, 0.15) is 17.0 Å². The second kappa shape index (κ2) is 5.58. The van der Waals surface area contributed by atoms with Gasteiger partial charge < -0.3 is 9.47 Å². The third-order valence-electron chi connectivity index (χ3n) is 2.78. The lowest BCUT2D eigenvalue weighted by atomic mass is 10.2. The van der Waals surface area contributed by atoms with Crippen LogP contribution in [0.3, 0.4) is 0 Å². The molecule has 94 valence electrons. The first kappa shape index (κ1) is 12.5. The minimum absolute atomic E-state index is 0.110. The lowest BCUT2D eigenvalue weighted by molar-refractivity contribution is 0.118. The molecule has 0 saturated carbocycles. The van der Waals surface area contributed by atoms with Crippen molar-refractivity contribution >= 4 is 17.3 Å². The Balaban J connectivity index is 2.22. The zero-order valence-electron chi connectivity index (χ0n) is 9.93. The fourth-order valence-corrected chi connectivity index (χ4v) is 2.26. The minimum Gasteiger partial charge on any atom is -0.494 e. The summed E-state index contributed by atoms with van der Waals surface area (Å²) in [5.74, 6) is 0.771. The van der Waals surface area contributed by atoms with E-state index >= 15 is 0 Å². The fourth-order valence-electron chi connectivity index (χ4n) is 1.98. The highest BCUT2D eigenvalue weighted by Crippen LogP contribution is 2.32. The van der Waals surface area contributed by atoms with Gasteiger partial charge in [-0.1, -0.05) is 23.7 Å². The molecule has 1 aromatic rings. The van der Waals surface area contributed by atoms with Gasteiger partial charge in [-0.3, -0.25) is 4.84 Å². The summed E-state index contributed by atoms with van der Waals surface area (Å²) in [5.41, 5.74) is 0.643. The maximum Gasteiger partial charge on any atom is 0.144 e. The van der Waals surface area contributed by atoms with Crippen molar-refractivity contribution in [3.8, 4) is 5.75 Å². The van der Waals surface area contributed by atoms with Crippen LogP contribution in [0.5, 0.6) is 5.75 Å². The van der Waals surface area contributed by atoms with Crippen LogP contribution in [0.4, 0.5) is 5.69 Å². The molecule has 0 radical (unpaired) electrons. The molecule has 1 heterocycles. The van der Waals surface area contributed by atoms with E-state index in [1.54, 1.807) is 19.3 Å². The summed E-state index contributed by atoms with van der Waals surface area (Å²) in [6.07, 6.45) is 0.730. The number of rotatable bonds is 4. The molecular weight excluding hydrogens is 242 g/mol. The average molecular weight is 258 g/mol. The Labute approximate surface area is 106 Å². The number of anilines is 1. The Morgan fingerprint density at radius 2 is 2.12 bits per heavy atom. The maximum absolute atomic E-state index is 5.93. The fraction of sp³-hybridized carbons (Fsp3) is 0.500. The third-order valence-corrected chi connectivity index (χ3v) is 3.08. The molecule has 17 heavy (non-hydrogen) atoms. The quantitative estimate of drug-likeness (QED) is 0.612. The van der Waals surface area contributed by atoms with Crippen LogP contribution >= 0.6 is 11.6 Å². The lowest BCUT2D eigenvalue weighted by Gasteiger charge is -2.28. The van der Waals surface area contributed by atoms with E-state index in [9.17, 15) is 0 Å². The molecule has 0 aliphatic carbocycles. The van der Waals surface area contributed by atoms with Crippen molar-refractivity contribution in [1.82, 2.24) is 0 Å². The van der Waals surface area contributed by atoms with Crippen LogP contribution in [-0.4, -0.2) is 32.4 Å². The first-order valence-corrected chi connectivity index (χ1v) is 5.92. The molecule has 0 amide bonds. The van der Waals surface area contributed by atoms with Gasteiger partial charge in [-0.05, 0) is 12.1 Å². The van der Waals surface area contributed by atoms with Crippen LogP contribution in [0.2, 0.25) is 0 Å². The molecular formula is C12H16ClNO3. The van der Waals surface area contributed by atoms with E-state index in [-0.39, 0.29) is 11.6 Å². The summed E-state index contributed by atoms with van der Waals surface area (Å²) < 4.78 is 10.7. The molecule has 1 aliphatic rings. The molecule has 0 aromatic heterocycles. The van der Waals surface area contributed by atoms with Gasteiger partial charge >= 0.3 is 0 Å². The van der Waals surface area contributed by atoms with Crippen molar-refractivity contribution in [3.05, 3.63) is 24.3 Å². The molecule has 0 bridgehead atoms. The number of para-hydroxylation sites is 2. The van der Waals surface area contributed by atoms with Crippen molar-refractivity contribution in [2.45, 2.75) is 18.0 Å². The molecule has 4 nitrogen and oxygen atoms in total.